The van der Waals surface area contributed by atoms with Gasteiger partial charge in [-0.1, -0.05) is 13.8 Å². The molecule has 4 heteroatoms. The van der Waals surface area contributed by atoms with E-state index in [9.17, 15) is 0 Å². The van der Waals surface area contributed by atoms with E-state index < -0.39 is 0 Å². The lowest BCUT2D eigenvalue weighted by Crippen LogP contribution is -2.29. The zero-order chi connectivity index (χ0) is 11.9. The van der Waals surface area contributed by atoms with Crippen LogP contribution >= 0.6 is 15.9 Å². The van der Waals surface area contributed by atoms with E-state index in [0.29, 0.717) is 6.54 Å². The van der Waals surface area contributed by atoms with Gasteiger partial charge < -0.3 is 10.7 Å². The lowest BCUT2D eigenvalue weighted by Gasteiger charge is -2.18. The second kappa shape index (κ2) is 3.86. The van der Waals surface area contributed by atoms with Crippen LogP contribution in [0.5, 0.6) is 0 Å². The van der Waals surface area contributed by atoms with Gasteiger partial charge in [-0.3, -0.25) is 0 Å². The van der Waals surface area contributed by atoms with Gasteiger partial charge >= 0.3 is 0 Å². The van der Waals surface area contributed by atoms with Crippen LogP contribution in [-0.2, 0) is 5.41 Å². The molecule has 0 fully saturated rings. The molecule has 0 saturated heterocycles. The molecule has 0 saturated carbocycles. The fourth-order valence-electron chi connectivity index (χ4n) is 1.63. The molecule has 0 aliphatic heterocycles. The highest BCUT2D eigenvalue weighted by molar-refractivity contribution is 9.10. The van der Waals surface area contributed by atoms with E-state index in [-0.39, 0.29) is 5.41 Å². The highest BCUT2D eigenvalue weighted by Gasteiger charge is 2.23. The van der Waals surface area contributed by atoms with Crippen LogP contribution < -0.4 is 5.73 Å². The summed E-state index contributed by atoms with van der Waals surface area (Å²) < 4.78 is 1.03. The molecule has 3 nitrogen and oxygen atoms in total. The van der Waals surface area contributed by atoms with Crippen molar-refractivity contribution in [2.24, 2.45) is 5.73 Å². The first-order chi connectivity index (χ1) is 7.44. The largest absolute Gasteiger partial charge is 0.341 e. The van der Waals surface area contributed by atoms with Gasteiger partial charge in [-0.2, -0.15) is 0 Å². The molecule has 1 aromatic carbocycles. The van der Waals surface area contributed by atoms with Crippen LogP contribution in [0, 0.1) is 6.92 Å². The average Bonchev–Trinajstić information content (AvgIpc) is 2.62. The molecule has 0 aliphatic rings. The Morgan fingerprint density at radius 3 is 2.75 bits per heavy atom. The maximum atomic E-state index is 5.76. The van der Waals surface area contributed by atoms with Crippen molar-refractivity contribution >= 4 is 27.0 Å². The van der Waals surface area contributed by atoms with E-state index in [2.05, 4.69) is 58.8 Å². The molecule has 0 bridgehead atoms. The van der Waals surface area contributed by atoms with Crippen LogP contribution in [0.1, 0.15) is 25.2 Å². The molecule has 0 atom stereocenters. The summed E-state index contributed by atoms with van der Waals surface area (Å²) in [5, 5.41) is 0. The molecular formula is C12H16BrN3. The number of benzene rings is 1. The minimum Gasteiger partial charge on any atom is -0.341 e. The Labute approximate surface area is 104 Å². The van der Waals surface area contributed by atoms with Gasteiger partial charge in [0, 0.05) is 16.4 Å². The molecule has 2 rings (SSSR count). The lowest BCUT2D eigenvalue weighted by atomic mass is 9.93. The number of H-pyrrole nitrogens is 1. The van der Waals surface area contributed by atoms with E-state index >= 15 is 0 Å². The van der Waals surface area contributed by atoms with Crippen molar-refractivity contribution in [1.82, 2.24) is 9.97 Å². The van der Waals surface area contributed by atoms with Crippen LogP contribution in [0.4, 0.5) is 0 Å². The molecule has 0 amide bonds. The molecule has 3 N–H and O–H groups in total. The van der Waals surface area contributed by atoms with Gasteiger partial charge in [-0.15, -0.1) is 0 Å². The average molecular weight is 282 g/mol. The summed E-state index contributed by atoms with van der Waals surface area (Å²) in [5.74, 6) is 0.941. The Hall–Kier alpha value is -0.870. The fourth-order valence-corrected chi connectivity index (χ4v) is 2.29. The summed E-state index contributed by atoms with van der Waals surface area (Å²) in [5.41, 5.74) is 8.88. The van der Waals surface area contributed by atoms with Crippen molar-refractivity contribution in [3.8, 4) is 0 Å². The van der Waals surface area contributed by atoms with Crippen molar-refractivity contribution in [2.75, 3.05) is 6.54 Å². The molecule has 86 valence electrons. The third kappa shape index (κ3) is 1.87. The predicted molar refractivity (Wildman–Crippen MR) is 70.6 cm³/mol. The molecule has 0 spiro atoms. The number of imidazole rings is 1. The minimum atomic E-state index is -0.119. The van der Waals surface area contributed by atoms with Crippen LogP contribution in [-0.4, -0.2) is 16.5 Å². The minimum absolute atomic E-state index is 0.119. The smallest absolute Gasteiger partial charge is 0.114 e. The Kier molecular flexibility index (Phi) is 2.80. The van der Waals surface area contributed by atoms with Crippen LogP contribution in [0.3, 0.4) is 0 Å². The van der Waals surface area contributed by atoms with Gasteiger partial charge in [-0.25, -0.2) is 4.98 Å². The summed E-state index contributed by atoms with van der Waals surface area (Å²) in [7, 11) is 0. The first kappa shape index (κ1) is 11.6. The molecule has 0 aliphatic carbocycles. The van der Waals surface area contributed by atoms with E-state index in [1.807, 2.05) is 0 Å². The highest BCUT2D eigenvalue weighted by atomic mass is 79.9. The zero-order valence-corrected chi connectivity index (χ0v) is 11.4. The normalized spacial score (nSPS) is 12.3. The van der Waals surface area contributed by atoms with Crippen LogP contribution in [0.2, 0.25) is 0 Å². The van der Waals surface area contributed by atoms with Gasteiger partial charge in [0.1, 0.15) is 11.3 Å². The second-order valence-electron chi connectivity index (χ2n) is 4.82. The SMILES string of the molecule is Cc1cc(Br)c2nc(C(C)(C)CN)[nH]c2c1. The molecule has 0 unspecified atom stereocenters. The number of nitrogens with zero attached hydrogens (tertiary/aromatic N) is 1. The van der Waals surface area contributed by atoms with Crippen molar-refractivity contribution in [2.45, 2.75) is 26.2 Å². The molecule has 16 heavy (non-hydrogen) atoms. The first-order valence-corrected chi connectivity index (χ1v) is 6.10. The molecule has 1 aromatic heterocycles. The lowest BCUT2D eigenvalue weighted by molar-refractivity contribution is 0.509. The number of aromatic nitrogens is 2. The summed E-state index contributed by atoms with van der Waals surface area (Å²) in [4.78, 5) is 7.96. The van der Waals surface area contributed by atoms with Crippen LogP contribution in [0.25, 0.3) is 11.0 Å². The Bertz CT molecular complexity index is 528. The Morgan fingerprint density at radius 1 is 1.44 bits per heavy atom. The molecule has 0 radical (unpaired) electrons. The standard InChI is InChI=1S/C12H16BrN3/c1-7-4-8(13)10-9(5-7)15-11(16-10)12(2,3)6-14/h4-5H,6,14H2,1-3H3,(H,15,16). The predicted octanol–water partition coefficient (Wildman–Crippen LogP) is 2.87. The number of fused-ring (bicyclic) bond motifs is 1. The summed E-state index contributed by atoms with van der Waals surface area (Å²) in [6, 6.07) is 4.17. The van der Waals surface area contributed by atoms with E-state index in [1.54, 1.807) is 0 Å². The monoisotopic (exact) mass is 281 g/mol. The molecule has 1 heterocycles. The summed E-state index contributed by atoms with van der Waals surface area (Å²) in [6.07, 6.45) is 0. The quantitative estimate of drug-likeness (QED) is 0.889. The number of nitrogens with two attached hydrogens (primary N) is 1. The number of nitrogens with one attached hydrogen (secondary N) is 1. The van der Waals surface area contributed by atoms with Gasteiger partial charge in [0.15, 0.2) is 0 Å². The number of hydrogen-bond donors (Lipinski definition) is 2. The van der Waals surface area contributed by atoms with Crippen LogP contribution in [0.15, 0.2) is 16.6 Å². The summed E-state index contributed by atoms with van der Waals surface area (Å²) >= 11 is 3.54. The second-order valence-corrected chi connectivity index (χ2v) is 5.67. The number of halogens is 1. The van der Waals surface area contributed by atoms with Crippen molar-refractivity contribution in [3.05, 3.63) is 28.0 Å². The fraction of sp³-hybridized carbons (Fsp3) is 0.417. The number of aromatic amines is 1. The van der Waals surface area contributed by atoms with Gasteiger partial charge in [0.2, 0.25) is 0 Å². The first-order valence-electron chi connectivity index (χ1n) is 5.30. The van der Waals surface area contributed by atoms with Crippen molar-refractivity contribution in [3.63, 3.8) is 0 Å². The van der Waals surface area contributed by atoms with Crippen molar-refractivity contribution in [1.29, 1.82) is 0 Å². The Morgan fingerprint density at radius 2 is 2.12 bits per heavy atom. The highest BCUT2D eigenvalue weighted by Crippen LogP contribution is 2.27. The third-order valence-electron chi connectivity index (χ3n) is 2.84. The van der Waals surface area contributed by atoms with Gasteiger partial charge in [-0.05, 0) is 40.5 Å². The number of hydrogen-bond acceptors (Lipinski definition) is 2. The van der Waals surface area contributed by atoms with E-state index in [0.717, 1.165) is 21.3 Å². The molecule has 2 aromatic rings. The molecular weight excluding hydrogens is 266 g/mol. The topological polar surface area (TPSA) is 54.7 Å². The van der Waals surface area contributed by atoms with E-state index in [1.165, 1.54) is 5.56 Å². The Balaban J connectivity index is 2.65. The maximum absolute atomic E-state index is 5.76. The number of aryl methyl sites for hydroxylation is 1. The zero-order valence-electron chi connectivity index (χ0n) is 9.76. The number of rotatable bonds is 2. The van der Waals surface area contributed by atoms with Gasteiger partial charge in [0.25, 0.3) is 0 Å². The third-order valence-corrected chi connectivity index (χ3v) is 3.44. The van der Waals surface area contributed by atoms with Gasteiger partial charge in [0.05, 0.1) is 5.52 Å². The maximum Gasteiger partial charge on any atom is 0.114 e. The summed E-state index contributed by atoms with van der Waals surface area (Å²) in [6.45, 7) is 6.82. The van der Waals surface area contributed by atoms with E-state index in [4.69, 9.17) is 5.73 Å². The van der Waals surface area contributed by atoms with Crippen molar-refractivity contribution < 1.29 is 0 Å².